The Labute approximate surface area is 202 Å². The number of nitrogens with zero attached hydrogens (tertiary/aromatic N) is 3. The number of anilines is 1. The summed E-state index contributed by atoms with van der Waals surface area (Å²) in [6, 6.07) is 11.3. The van der Waals surface area contributed by atoms with E-state index >= 15 is 0 Å². The van der Waals surface area contributed by atoms with E-state index in [1.807, 2.05) is 36.4 Å². The lowest BCUT2D eigenvalue weighted by Gasteiger charge is -2.34. The van der Waals surface area contributed by atoms with Gasteiger partial charge < -0.3 is 29.2 Å². The number of methoxy groups -OCH3 is 2. The average molecular weight is 485 g/mol. The number of fused-ring (bicyclic) bond motifs is 2. The van der Waals surface area contributed by atoms with Crippen LogP contribution in [-0.4, -0.2) is 82.0 Å². The third-order valence-corrected chi connectivity index (χ3v) is 7.14. The maximum absolute atomic E-state index is 12.5. The molecule has 180 valence electrons. The van der Waals surface area contributed by atoms with Crippen LogP contribution in [0.5, 0.6) is 23.0 Å². The van der Waals surface area contributed by atoms with Crippen molar-refractivity contribution in [2.24, 2.45) is 0 Å². The topological polar surface area (TPSA) is 85.4 Å². The van der Waals surface area contributed by atoms with Gasteiger partial charge in [0.05, 0.1) is 18.9 Å². The Morgan fingerprint density at radius 1 is 1.12 bits per heavy atom. The number of hydrogen-bond donors (Lipinski definition) is 1. The van der Waals surface area contributed by atoms with E-state index in [0.717, 1.165) is 48.1 Å². The van der Waals surface area contributed by atoms with E-state index < -0.39 is 6.10 Å². The lowest BCUT2D eigenvalue weighted by atomic mass is 10.2. The van der Waals surface area contributed by atoms with Crippen molar-refractivity contribution in [2.45, 2.75) is 6.10 Å². The number of aromatic nitrogens is 1. The Kier molecular flexibility index (Phi) is 6.59. The predicted molar refractivity (Wildman–Crippen MR) is 131 cm³/mol. The number of rotatable bonds is 7. The SMILES string of the molecule is COc1ccc2sc(N3CCN(CCNC(=O)C4COc5ccccc5O4)CC3)nc2c1OC. The molecule has 1 fully saturated rings. The molecule has 3 aromatic rings. The van der Waals surface area contributed by atoms with Crippen LogP contribution in [0.3, 0.4) is 0 Å². The Morgan fingerprint density at radius 3 is 2.68 bits per heavy atom. The van der Waals surface area contributed by atoms with E-state index in [2.05, 4.69) is 15.1 Å². The molecule has 3 heterocycles. The van der Waals surface area contributed by atoms with Gasteiger partial charge in [-0.3, -0.25) is 9.69 Å². The second-order valence-corrected chi connectivity index (χ2v) is 9.14. The van der Waals surface area contributed by atoms with Gasteiger partial charge in [0.2, 0.25) is 6.10 Å². The lowest BCUT2D eigenvalue weighted by molar-refractivity contribution is -0.130. The molecule has 0 radical (unpaired) electrons. The molecule has 2 aromatic carbocycles. The number of benzene rings is 2. The van der Waals surface area contributed by atoms with E-state index in [-0.39, 0.29) is 12.5 Å². The first-order chi connectivity index (χ1) is 16.7. The highest BCUT2D eigenvalue weighted by Gasteiger charge is 2.27. The van der Waals surface area contributed by atoms with Crippen molar-refractivity contribution in [2.75, 3.05) is 65.0 Å². The van der Waals surface area contributed by atoms with Gasteiger partial charge in [0, 0.05) is 39.3 Å². The normalized spacial score (nSPS) is 18.1. The molecule has 2 aliphatic heterocycles. The minimum absolute atomic E-state index is 0.146. The van der Waals surface area contributed by atoms with Gasteiger partial charge in [-0.25, -0.2) is 4.98 Å². The van der Waals surface area contributed by atoms with Crippen LogP contribution in [0.15, 0.2) is 36.4 Å². The largest absolute Gasteiger partial charge is 0.493 e. The summed E-state index contributed by atoms with van der Waals surface area (Å²) in [5.41, 5.74) is 0.837. The number of piperazine rings is 1. The lowest BCUT2D eigenvalue weighted by Crippen LogP contribution is -2.50. The first-order valence-corrected chi connectivity index (χ1v) is 12.1. The van der Waals surface area contributed by atoms with Crippen molar-refractivity contribution in [1.29, 1.82) is 0 Å². The third kappa shape index (κ3) is 4.55. The molecule has 0 aliphatic carbocycles. The summed E-state index contributed by atoms with van der Waals surface area (Å²) in [6.07, 6.45) is -0.624. The fourth-order valence-electron chi connectivity index (χ4n) is 4.20. The summed E-state index contributed by atoms with van der Waals surface area (Å²) in [7, 11) is 3.27. The first-order valence-electron chi connectivity index (χ1n) is 11.3. The number of hydrogen-bond acceptors (Lipinski definition) is 9. The molecule has 1 amide bonds. The minimum Gasteiger partial charge on any atom is -0.493 e. The van der Waals surface area contributed by atoms with E-state index in [1.54, 1.807) is 25.6 Å². The smallest absolute Gasteiger partial charge is 0.264 e. The van der Waals surface area contributed by atoms with E-state index in [4.69, 9.17) is 23.9 Å². The van der Waals surface area contributed by atoms with Gasteiger partial charge in [-0.1, -0.05) is 23.5 Å². The number of para-hydroxylation sites is 2. The second-order valence-electron chi connectivity index (χ2n) is 8.13. The highest BCUT2D eigenvalue weighted by atomic mass is 32.1. The van der Waals surface area contributed by atoms with Crippen molar-refractivity contribution in [3.05, 3.63) is 36.4 Å². The molecule has 34 heavy (non-hydrogen) atoms. The number of carbonyl (C=O) groups is 1. The second kappa shape index (κ2) is 9.94. The minimum atomic E-state index is -0.624. The fraction of sp³-hybridized carbons (Fsp3) is 0.417. The summed E-state index contributed by atoms with van der Waals surface area (Å²) in [5, 5.41) is 3.97. The summed E-state index contributed by atoms with van der Waals surface area (Å²) >= 11 is 1.66. The van der Waals surface area contributed by atoms with Crippen molar-refractivity contribution in [1.82, 2.24) is 15.2 Å². The molecule has 2 aliphatic rings. The van der Waals surface area contributed by atoms with Crippen LogP contribution in [-0.2, 0) is 4.79 Å². The van der Waals surface area contributed by atoms with Crippen LogP contribution in [0.2, 0.25) is 0 Å². The number of amides is 1. The molecular formula is C24H28N4O5S. The molecule has 0 bridgehead atoms. The number of thiazole rings is 1. The van der Waals surface area contributed by atoms with Gasteiger partial charge >= 0.3 is 0 Å². The van der Waals surface area contributed by atoms with Crippen LogP contribution >= 0.6 is 11.3 Å². The van der Waals surface area contributed by atoms with Crippen LogP contribution in [0, 0.1) is 0 Å². The Hall–Kier alpha value is -3.24. The molecule has 10 heteroatoms. The summed E-state index contributed by atoms with van der Waals surface area (Å²) in [4.78, 5) is 22.0. The maximum atomic E-state index is 12.5. The van der Waals surface area contributed by atoms with Crippen LogP contribution in [0.4, 0.5) is 5.13 Å². The quantitative estimate of drug-likeness (QED) is 0.547. The van der Waals surface area contributed by atoms with Crippen molar-refractivity contribution >= 4 is 32.6 Å². The fourth-order valence-corrected chi connectivity index (χ4v) is 5.21. The third-order valence-electron chi connectivity index (χ3n) is 6.06. The van der Waals surface area contributed by atoms with E-state index in [9.17, 15) is 4.79 Å². The summed E-state index contributed by atoms with van der Waals surface area (Å²) < 4.78 is 23.4. The van der Waals surface area contributed by atoms with Gasteiger partial charge in [-0.05, 0) is 24.3 Å². The van der Waals surface area contributed by atoms with Gasteiger partial charge in [-0.15, -0.1) is 0 Å². The summed E-state index contributed by atoms with van der Waals surface area (Å²) in [5.74, 6) is 2.50. The van der Waals surface area contributed by atoms with Crippen molar-refractivity contribution < 1.29 is 23.7 Å². The highest BCUT2D eigenvalue weighted by molar-refractivity contribution is 7.22. The van der Waals surface area contributed by atoms with Crippen LogP contribution in [0.1, 0.15) is 0 Å². The Morgan fingerprint density at radius 2 is 1.91 bits per heavy atom. The molecule has 5 rings (SSSR count). The highest BCUT2D eigenvalue weighted by Crippen LogP contribution is 2.40. The van der Waals surface area contributed by atoms with Gasteiger partial charge in [0.1, 0.15) is 12.1 Å². The number of carbonyl (C=O) groups excluding carboxylic acids is 1. The van der Waals surface area contributed by atoms with Crippen molar-refractivity contribution in [3.63, 3.8) is 0 Å². The zero-order chi connectivity index (χ0) is 23.5. The van der Waals surface area contributed by atoms with Crippen LogP contribution < -0.4 is 29.2 Å². The van der Waals surface area contributed by atoms with E-state index in [0.29, 0.717) is 29.5 Å². The number of ether oxygens (including phenoxy) is 4. The van der Waals surface area contributed by atoms with Gasteiger partial charge in [0.25, 0.3) is 5.91 Å². The number of nitrogens with one attached hydrogen (secondary N) is 1. The van der Waals surface area contributed by atoms with Crippen molar-refractivity contribution in [3.8, 4) is 23.0 Å². The summed E-state index contributed by atoms with van der Waals surface area (Å²) in [6.45, 7) is 5.14. The van der Waals surface area contributed by atoms with Gasteiger partial charge in [-0.2, -0.15) is 0 Å². The molecule has 0 saturated carbocycles. The molecule has 1 N–H and O–H groups in total. The molecule has 1 aromatic heterocycles. The standard InChI is InChI=1S/C24H28N4O5S/c1-30-18-7-8-20-21(22(18)31-2)26-24(34-20)28-13-11-27(12-14-28)10-9-25-23(29)19-15-32-16-5-3-4-6-17(16)33-19/h3-8,19H,9-15H2,1-2H3,(H,25,29). The first kappa shape index (κ1) is 22.5. The van der Waals surface area contributed by atoms with Gasteiger partial charge in [0.15, 0.2) is 28.1 Å². The molecule has 0 spiro atoms. The Bertz CT molecular complexity index is 1160. The zero-order valence-corrected chi connectivity index (χ0v) is 20.1. The molecule has 9 nitrogen and oxygen atoms in total. The van der Waals surface area contributed by atoms with Crippen LogP contribution in [0.25, 0.3) is 10.2 Å². The maximum Gasteiger partial charge on any atom is 0.264 e. The average Bonchev–Trinajstić information content (AvgIpc) is 3.32. The molecular weight excluding hydrogens is 456 g/mol. The zero-order valence-electron chi connectivity index (χ0n) is 19.3. The monoisotopic (exact) mass is 484 g/mol. The Balaban J connectivity index is 1.10. The predicted octanol–water partition coefficient (Wildman–Crippen LogP) is 2.39. The molecule has 1 saturated heterocycles. The molecule has 1 atom stereocenters. The van der Waals surface area contributed by atoms with E-state index in [1.165, 1.54) is 0 Å². The molecule has 1 unspecified atom stereocenters.